The lowest BCUT2D eigenvalue weighted by atomic mass is 10.2. The van der Waals surface area contributed by atoms with Gasteiger partial charge >= 0.3 is 0 Å². The van der Waals surface area contributed by atoms with Gasteiger partial charge in [-0.3, -0.25) is 0 Å². The topological polar surface area (TPSA) is 54.4 Å². The summed E-state index contributed by atoms with van der Waals surface area (Å²) in [4.78, 5) is 0.228. The Kier molecular flexibility index (Phi) is 2.07. The molecule has 0 radical (unpaired) electrons. The zero-order valence-electron chi connectivity index (χ0n) is 7.47. The molecule has 0 spiro atoms. The standard InChI is InChI=1S/C10H10O3S/c11-9-5-3-7-14(12,13)10-6-2-1-4-8(9)10/h1-2,4-6,11H,3,7H2. The lowest BCUT2D eigenvalue weighted by Gasteiger charge is -2.05. The van der Waals surface area contributed by atoms with Gasteiger partial charge in [-0.25, -0.2) is 8.42 Å². The van der Waals surface area contributed by atoms with Crippen molar-refractivity contribution >= 4 is 15.6 Å². The third-order valence-electron chi connectivity index (χ3n) is 2.22. The average molecular weight is 210 g/mol. The van der Waals surface area contributed by atoms with E-state index in [0.717, 1.165) is 0 Å². The van der Waals surface area contributed by atoms with Crippen LogP contribution in [0.3, 0.4) is 0 Å². The third-order valence-corrected chi connectivity index (χ3v) is 4.02. The highest BCUT2D eigenvalue weighted by Gasteiger charge is 2.22. The molecule has 0 fully saturated rings. The highest BCUT2D eigenvalue weighted by Crippen LogP contribution is 2.26. The van der Waals surface area contributed by atoms with E-state index in [1.165, 1.54) is 6.07 Å². The summed E-state index contributed by atoms with van der Waals surface area (Å²) >= 11 is 0. The van der Waals surface area contributed by atoms with Crippen LogP contribution in [0.5, 0.6) is 0 Å². The summed E-state index contributed by atoms with van der Waals surface area (Å²) in [5.41, 5.74) is 0.407. The molecule has 2 rings (SSSR count). The molecular weight excluding hydrogens is 200 g/mol. The van der Waals surface area contributed by atoms with Crippen LogP contribution < -0.4 is 0 Å². The van der Waals surface area contributed by atoms with Crippen LogP contribution in [-0.2, 0) is 9.84 Å². The molecule has 1 aromatic rings. The number of fused-ring (bicyclic) bond motifs is 1. The molecule has 74 valence electrons. The molecule has 0 unspecified atom stereocenters. The van der Waals surface area contributed by atoms with Crippen molar-refractivity contribution in [1.82, 2.24) is 0 Å². The zero-order valence-corrected chi connectivity index (χ0v) is 8.29. The lowest BCUT2D eigenvalue weighted by molar-refractivity contribution is 0.508. The Balaban J connectivity index is 2.74. The van der Waals surface area contributed by atoms with Crippen molar-refractivity contribution in [2.24, 2.45) is 0 Å². The highest BCUT2D eigenvalue weighted by atomic mass is 32.2. The maximum absolute atomic E-state index is 11.7. The van der Waals surface area contributed by atoms with Gasteiger partial charge in [-0.05, 0) is 24.6 Å². The molecule has 3 nitrogen and oxygen atoms in total. The van der Waals surface area contributed by atoms with Gasteiger partial charge in [-0.15, -0.1) is 0 Å². The fourth-order valence-electron chi connectivity index (χ4n) is 1.52. The van der Waals surface area contributed by atoms with Gasteiger partial charge in [0.05, 0.1) is 10.6 Å². The first-order valence-electron chi connectivity index (χ1n) is 4.32. The van der Waals surface area contributed by atoms with Crippen molar-refractivity contribution in [3.8, 4) is 0 Å². The van der Waals surface area contributed by atoms with Crippen molar-refractivity contribution in [1.29, 1.82) is 0 Å². The van der Waals surface area contributed by atoms with Gasteiger partial charge in [0.15, 0.2) is 9.84 Å². The fourth-order valence-corrected chi connectivity index (χ4v) is 2.96. The van der Waals surface area contributed by atoms with Crippen LogP contribution >= 0.6 is 0 Å². The van der Waals surface area contributed by atoms with E-state index >= 15 is 0 Å². The van der Waals surface area contributed by atoms with Crippen LogP contribution in [0.15, 0.2) is 35.2 Å². The molecule has 0 aliphatic carbocycles. The SMILES string of the molecule is O=S1(=O)CCC=C(O)c2ccccc21. The van der Waals surface area contributed by atoms with E-state index in [2.05, 4.69) is 0 Å². The number of hydrogen-bond donors (Lipinski definition) is 1. The molecule has 0 amide bonds. The summed E-state index contributed by atoms with van der Waals surface area (Å²) in [6, 6.07) is 6.52. The van der Waals surface area contributed by atoms with Gasteiger partial charge in [0.1, 0.15) is 5.76 Å². The summed E-state index contributed by atoms with van der Waals surface area (Å²) in [7, 11) is -3.22. The van der Waals surface area contributed by atoms with Gasteiger partial charge < -0.3 is 5.11 Å². The van der Waals surface area contributed by atoms with E-state index in [9.17, 15) is 13.5 Å². The summed E-state index contributed by atoms with van der Waals surface area (Å²) in [6.07, 6.45) is 1.91. The first-order valence-corrected chi connectivity index (χ1v) is 5.98. The molecule has 1 aliphatic rings. The number of aliphatic hydroxyl groups is 1. The monoisotopic (exact) mass is 210 g/mol. The molecule has 1 N–H and O–H groups in total. The first-order chi connectivity index (χ1) is 6.61. The molecule has 0 bridgehead atoms. The van der Waals surface area contributed by atoms with E-state index in [0.29, 0.717) is 12.0 Å². The number of allylic oxidation sites excluding steroid dienone is 1. The number of benzene rings is 1. The summed E-state index contributed by atoms with van der Waals surface area (Å²) < 4.78 is 23.4. The van der Waals surface area contributed by atoms with Crippen LogP contribution in [0.2, 0.25) is 0 Å². The molecule has 1 heterocycles. The zero-order chi connectivity index (χ0) is 10.2. The predicted molar refractivity (Wildman–Crippen MR) is 53.7 cm³/mol. The van der Waals surface area contributed by atoms with Gasteiger partial charge in [0, 0.05) is 5.56 Å². The summed E-state index contributed by atoms with van der Waals surface area (Å²) in [6.45, 7) is 0. The molecule has 1 aromatic carbocycles. The van der Waals surface area contributed by atoms with E-state index in [-0.39, 0.29) is 16.4 Å². The lowest BCUT2D eigenvalue weighted by Crippen LogP contribution is -2.06. The molecule has 0 atom stereocenters. The van der Waals surface area contributed by atoms with E-state index in [1.54, 1.807) is 24.3 Å². The number of rotatable bonds is 0. The second-order valence-electron chi connectivity index (χ2n) is 3.19. The molecule has 0 saturated heterocycles. The number of aliphatic hydroxyl groups excluding tert-OH is 1. The van der Waals surface area contributed by atoms with Crippen LogP contribution in [0.4, 0.5) is 0 Å². The number of sulfone groups is 1. The average Bonchev–Trinajstić information content (AvgIpc) is 2.27. The van der Waals surface area contributed by atoms with Crippen LogP contribution in [0, 0.1) is 0 Å². The molecule has 0 aromatic heterocycles. The normalized spacial score (nSPS) is 19.3. The van der Waals surface area contributed by atoms with Crippen molar-refractivity contribution in [2.75, 3.05) is 5.75 Å². The first kappa shape index (κ1) is 9.27. The predicted octanol–water partition coefficient (Wildman–Crippen LogP) is 1.76. The summed E-state index contributed by atoms with van der Waals surface area (Å²) in [5, 5.41) is 9.57. The molecule has 0 saturated carbocycles. The number of hydrogen-bond acceptors (Lipinski definition) is 3. The van der Waals surface area contributed by atoms with Gasteiger partial charge in [0.2, 0.25) is 0 Å². The second kappa shape index (κ2) is 3.13. The minimum absolute atomic E-state index is 0.0571. The third kappa shape index (κ3) is 1.42. The smallest absolute Gasteiger partial charge is 0.179 e. The fraction of sp³-hybridized carbons (Fsp3) is 0.200. The van der Waals surface area contributed by atoms with E-state index < -0.39 is 9.84 Å². The van der Waals surface area contributed by atoms with Crippen molar-refractivity contribution in [3.63, 3.8) is 0 Å². The van der Waals surface area contributed by atoms with E-state index in [4.69, 9.17) is 0 Å². The highest BCUT2D eigenvalue weighted by molar-refractivity contribution is 7.91. The Morgan fingerprint density at radius 2 is 1.93 bits per heavy atom. The van der Waals surface area contributed by atoms with Crippen LogP contribution in [-0.4, -0.2) is 19.3 Å². The van der Waals surface area contributed by atoms with Gasteiger partial charge in [0.25, 0.3) is 0 Å². The van der Waals surface area contributed by atoms with Crippen molar-refractivity contribution < 1.29 is 13.5 Å². The maximum Gasteiger partial charge on any atom is 0.179 e. The largest absolute Gasteiger partial charge is 0.508 e. The molecule has 4 heteroatoms. The maximum atomic E-state index is 11.7. The second-order valence-corrected chi connectivity index (χ2v) is 5.27. The van der Waals surface area contributed by atoms with Crippen molar-refractivity contribution in [3.05, 3.63) is 35.9 Å². The van der Waals surface area contributed by atoms with Crippen LogP contribution in [0.25, 0.3) is 5.76 Å². The van der Waals surface area contributed by atoms with Gasteiger partial charge in [-0.2, -0.15) is 0 Å². The van der Waals surface area contributed by atoms with Crippen LogP contribution in [0.1, 0.15) is 12.0 Å². The Hall–Kier alpha value is -1.29. The Morgan fingerprint density at radius 3 is 2.71 bits per heavy atom. The Bertz CT molecular complexity index is 486. The Morgan fingerprint density at radius 1 is 1.21 bits per heavy atom. The summed E-state index contributed by atoms with van der Waals surface area (Å²) in [5.74, 6) is 0.121. The minimum Gasteiger partial charge on any atom is -0.508 e. The van der Waals surface area contributed by atoms with E-state index in [1.807, 2.05) is 0 Å². The molecule has 14 heavy (non-hydrogen) atoms. The van der Waals surface area contributed by atoms with Crippen molar-refractivity contribution in [2.45, 2.75) is 11.3 Å². The quantitative estimate of drug-likeness (QED) is 0.710. The molecule has 1 aliphatic heterocycles. The van der Waals surface area contributed by atoms with Gasteiger partial charge in [-0.1, -0.05) is 12.1 Å². The Labute approximate surface area is 82.6 Å². The minimum atomic E-state index is -3.22. The molecular formula is C10H10O3S.